The average molecular weight is 286 g/mol. The Bertz CT molecular complexity index is 584. The third-order valence-electron chi connectivity index (χ3n) is 6.38. The minimum atomic E-state index is 0.268. The second kappa shape index (κ2) is 3.99. The summed E-state index contributed by atoms with van der Waals surface area (Å²) in [6.07, 6.45) is 10.4. The molecule has 4 bridgehead atoms. The van der Waals surface area contributed by atoms with Crippen LogP contribution in [-0.2, 0) is 7.05 Å². The molecular formula is C18H26N2O. The van der Waals surface area contributed by atoms with Crippen LogP contribution in [0.5, 0.6) is 0 Å². The van der Waals surface area contributed by atoms with Crippen LogP contribution < -0.4 is 0 Å². The molecule has 4 aliphatic rings. The van der Waals surface area contributed by atoms with Crippen molar-refractivity contribution in [3.63, 3.8) is 0 Å². The van der Waals surface area contributed by atoms with Gasteiger partial charge < -0.3 is 0 Å². The minimum Gasteiger partial charge on any atom is -0.292 e. The van der Waals surface area contributed by atoms with Crippen molar-refractivity contribution in [1.82, 2.24) is 9.78 Å². The van der Waals surface area contributed by atoms with Gasteiger partial charge in [0.25, 0.3) is 0 Å². The molecule has 0 amide bonds. The van der Waals surface area contributed by atoms with Gasteiger partial charge in [-0.1, -0.05) is 13.8 Å². The van der Waals surface area contributed by atoms with E-state index in [1.54, 1.807) is 10.9 Å². The van der Waals surface area contributed by atoms with Gasteiger partial charge in [-0.3, -0.25) is 9.48 Å². The first-order valence-electron chi connectivity index (χ1n) is 8.32. The molecule has 4 fully saturated rings. The summed E-state index contributed by atoms with van der Waals surface area (Å²) in [5, 5.41) is 4.16. The molecular weight excluding hydrogens is 260 g/mol. The highest BCUT2D eigenvalue weighted by atomic mass is 16.1. The Balaban J connectivity index is 1.63. The molecule has 3 nitrogen and oxygen atoms in total. The van der Waals surface area contributed by atoms with Crippen molar-refractivity contribution in [2.75, 3.05) is 0 Å². The van der Waals surface area contributed by atoms with E-state index in [2.05, 4.69) is 18.9 Å². The molecule has 114 valence electrons. The van der Waals surface area contributed by atoms with Crippen LogP contribution >= 0.6 is 0 Å². The van der Waals surface area contributed by atoms with Crippen molar-refractivity contribution in [2.24, 2.45) is 29.2 Å². The standard InChI is InChI=1S/C18H26N2O/c1-16-6-13-7-17(2,10-16)12-18(8-13,11-16)9-15(21)14-4-5-19-20(14)3/h4-5,13H,6-12H2,1-3H3. The van der Waals surface area contributed by atoms with Crippen molar-refractivity contribution in [3.8, 4) is 0 Å². The largest absolute Gasteiger partial charge is 0.292 e. The molecule has 1 heterocycles. The topological polar surface area (TPSA) is 34.9 Å². The van der Waals surface area contributed by atoms with Crippen LogP contribution in [-0.4, -0.2) is 15.6 Å². The summed E-state index contributed by atoms with van der Waals surface area (Å²) >= 11 is 0. The molecule has 2 atom stereocenters. The lowest BCUT2D eigenvalue weighted by molar-refractivity contribution is -0.143. The molecule has 4 aliphatic carbocycles. The monoisotopic (exact) mass is 286 g/mol. The Labute approximate surface area is 127 Å². The van der Waals surface area contributed by atoms with Gasteiger partial charge in [-0.05, 0) is 66.8 Å². The third kappa shape index (κ3) is 2.08. The van der Waals surface area contributed by atoms with E-state index in [9.17, 15) is 4.79 Å². The molecule has 4 saturated carbocycles. The summed E-state index contributed by atoms with van der Waals surface area (Å²) in [6.45, 7) is 4.94. The van der Waals surface area contributed by atoms with Crippen molar-refractivity contribution in [2.45, 2.75) is 58.8 Å². The zero-order chi connectivity index (χ0) is 14.9. The van der Waals surface area contributed by atoms with Gasteiger partial charge in [0, 0.05) is 19.7 Å². The number of Topliss-reactive ketones (excluding diaryl/α,β-unsaturated/α-hetero) is 1. The zero-order valence-corrected chi connectivity index (χ0v) is 13.5. The van der Waals surface area contributed by atoms with Crippen LogP contribution in [0.1, 0.15) is 69.3 Å². The SMILES string of the molecule is Cn1nccc1C(=O)CC12CC3CC(C)(CC(C)(C3)C1)C2. The average Bonchev–Trinajstić information content (AvgIpc) is 2.69. The lowest BCUT2D eigenvalue weighted by atomic mass is 9.39. The highest BCUT2D eigenvalue weighted by molar-refractivity contribution is 5.94. The third-order valence-corrected chi connectivity index (χ3v) is 6.38. The van der Waals surface area contributed by atoms with Gasteiger partial charge in [-0.15, -0.1) is 0 Å². The molecule has 0 spiro atoms. The number of carbonyl (C=O) groups is 1. The second-order valence-corrected chi connectivity index (χ2v) is 9.07. The quantitative estimate of drug-likeness (QED) is 0.787. The number of nitrogens with zero attached hydrogens (tertiary/aromatic N) is 2. The summed E-state index contributed by atoms with van der Waals surface area (Å²) in [4.78, 5) is 12.8. The van der Waals surface area contributed by atoms with Gasteiger partial charge in [0.2, 0.25) is 0 Å². The van der Waals surface area contributed by atoms with Crippen molar-refractivity contribution in [1.29, 1.82) is 0 Å². The first kappa shape index (κ1) is 13.5. The van der Waals surface area contributed by atoms with E-state index in [4.69, 9.17) is 0 Å². The van der Waals surface area contributed by atoms with E-state index < -0.39 is 0 Å². The second-order valence-electron chi connectivity index (χ2n) is 9.07. The fourth-order valence-electron chi connectivity index (χ4n) is 6.96. The van der Waals surface area contributed by atoms with Gasteiger partial charge in [0.05, 0.1) is 0 Å². The first-order chi connectivity index (χ1) is 9.81. The molecule has 0 radical (unpaired) electrons. The van der Waals surface area contributed by atoms with Gasteiger partial charge in [-0.2, -0.15) is 5.10 Å². The Morgan fingerprint density at radius 3 is 2.43 bits per heavy atom. The fraction of sp³-hybridized carbons (Fsp3) is 0.778. The van der Waals surface area contributed by atoms with Gasteiger partial charge in [0.1, 0.15) is 5.69 Å². The normalized spacial score (nSPS) is 44.2. The van der Waals surface area contributed by atoms with Crippen LogP contribution in [0.3, 0.4) is 0 Å². The summed E-state index contributed by atoms with van der Waals surface area (Å²) < 4.78 is 1.73. The van der Waals surface area contributed by atoms with E-state index in [0.717, 1.165) is 18.0 Å². The number of aryl methyl sites for hydroxylation is 1. The molecule has 1 aromatic heterocycles. The van der Waals surface area contributed by atoms with Gasteiger partial charge in [0.15, 0.2) is 5.78 Å². The Morgan fingerprint density at radius 1 is 1.24 bits per heavy atom. The number of aromatic nitrogens is 2. The fourth-order valence-corrected chi connectivity index (χ4v) is 6.96. The van der Waals surface area contributed by atoms with Crippen molar-refractivity contribution in [3.05, 3.63) is 18.0 Å². The molecule has 0 aliphatic heterocycles. The molecule has 0 aromatic carbocycles. The Morgan fingerprint density at radius 2 is 1.90 bits per heavy atom. The molecule has 0 N–H and O–H groups in total. The highest BCUT2D eigenvalue weighted by Crippen LogP contribution is 2.70. The van der Waals surface area contributed by atoms with E-state index in [1.807, 2.05) is 13.1 Å². The summed E-state index contributed by atoms with van der Waals surface area (Å²) in [6, 6.07) is 1.87. The van der Waals surface area contributed by atoms with Crippen LogP contribution in [0.4, 0.5) is 0 Å². The number of hydrogen-bond donors (Lipinski definition) is 0. The predicted octanol–water partition coefficient (Wildman–Crippen LogP) is 3.99. The Kier molecular flexibility index (Phi) is 2.57. The van der Waals surface area contributed by atoms with Crippen molar-refractivity contribution < 1.29 is 4.79 Å². The number of rotatable bonds is 3. The number of ketones is 1. The van der Waals surface area contributed by atoms with E-state index in [-0.39, 0.29) is 5.41 Å². The molecule has 21 heavy (non-hydrogen) atoms. The highest BCUT2D eigenvalue weighted by Gasteiger charge is 2.60. The lowest BCUT2D eigenvalue weighted by Crippen LogP contribution is -2.55. The maximum Gasteiger partial charge on any atom is 0.181 e. The lowest BCUT2D eigenvalue weighted by Gasteiger charge is -2.65. The van der Waals surface area contributed by atoms with Crippen LogP contribution in [0.2, 0.25) is 0 Å². The van der Waals surface area contributed by atoms with Crippen LogP contribution in [0.15, 0.2) is 12.3 Å². The Hall–Kier alpha value is -1.12. The maximum absolute atomic E-state index is 12.8. The summed E-state index contributed by atoms with van der Waals surface area (Å²) in [7, 11) is 1.87. The van der Waals surface area contributed by atoms with Gasteiger partial charge in [-0.25, -0.2) is 0 Å². The molecule has 3 heteroatoms. The summed E-state index contributed by atoms with van der Waals surface area (Å²) in [5.41, 5.74) is 2.02. The van der Waals surface area contributed by atoms with E-state index in [1.165, 1.54) is 38.5 Å². The smallest absolute Gasteiger partial charge is 0.181 e. The van der Waals surface area contributed by atoms with E-state index >= 15 is 0 Å². The van der Waals surface area contributed by atoms with Crippen molar-refractivity contribution >= 4 is 5.78 Å². The maximum atomic E-state index is 12.8. The molecule has 0 saturated heterocycles. The van der Waals surface area contributed by atoms with E-state index in [0.29, 0.717) is 16.6 Å². The number of carbonyl (C=O) groups excluding carboxylic acids is 1. The molecule has 1 aromatic rings. The predicted molar refractivity (Wildman–Crippen MR) is 82.0 cm³/mol. The van der Waals surface area contributed by atoms with Gasteiger partial charge >= 0.3 is 0 Å². The van der Waals surface area contributed by atoms with Crippen LogP contribution in [0, 0.1) is 22.2 Å². The first-order valence-corrected chi connectivity index (χ1v) is 8.32. The zero-order valence-electron chi connectivity index (χ0n) is 13.5. The molecule has 2 unspecified atom stereocenters. The molecule has 5 rings (SSSR count). The van der Waals surface area contributed by atoms with Crippen LogP contribution in [0.25, 0.3) is 0 Å². The summed E-state index contributed by atoms with van der Waals surface area (Å²) in [5.74, 6) is 1.15. The minimum absolute atomic E-state index is 0.268. The number of hydrogen-bond acceptors (Lipinski definition) is 2.